The van der Waals surface area contributed by atoms with Gasteiger partial charge < -0.3 is 10.1 Å². The lowest BCUT2D eigenvalue weighted by Crippen LogP contribution is -2.44. The van der Waals surface area contributed by atoms with E-state index in [0.717, 1.165) is 32.2 Å². The molecule has 0 unspecified atom stereocenters. The topological polar surface area (TPSA) is 24.5 Å². The number of alkyl halides is 3. The molecular formula is C13H19Cl2F3N2O. The van der Waals surface area contributed by atoms with E-state index in [9.17, 15) is 13.2 Å². The van der Waals surface area contributed by atoms with Gasteiger partial charge in [0.2, 0.25) is 0 Å². The lowest BCUT2D eigenvalue weighted by Gasteiger charge is -2.27. The Hall–Kier alpha value is -0.690. The van der Waals surface area contributed by atoms with Crippen molar-refractivity contribution in [2.75, 3.05) is 39.3 Å². The van der Waals surface area contributed by atoms with Crippen LogP contribution in [-0.4, -0.2) is 44.2 Å². The van der Waals surface area contributed by atoms with Crippen molar-refractivity contribution in [3.63, 3.8) is 0 Å². The van der Waals surface area contributed by atoms with Crippen molar-refractivity contribution < 1.29 is 17.9 Å². The Morgan fingerprint density at radius 3 is 2.33 bits per heavy atom. The monoisotopic (exact) mass is 346 g/mol. The number of benzene rings is 1. The standard InChI is InChI=1S/C13H17F3N2O.2ClH/c14-13(15,16)11-3-1-2-4-12(11)19-10-9-18-7-5-17-6-8-18;;/h1-4,17H,5-10H2;2*1H. The third kappa shape index (κ3) is 6.30. The third-order valence-corrected chi connectivity index (χ3v) is 3.07. The molecule has 1 fully saturated rings. The molecule has 1 heterocycles. The molecule has 1 aromatic rings. The number of nitrogens with zero attached hydrogens (tertiary/aromatic N) is 1. The third-order valence-electron chi connectivity index (χ3n) is 3.07. The number of nitrogens with one attached hydrogen (secondary N) is 1. The molecule has 1 N–H and O–H groups in total. The fraction of sp³-hybridized carbons (Fsp3) is 0.538. The van der Waals surface area contributed by atoms with E-state index in [0.29, 0.717) is 6.54 Å². The average Bonchev–Trinajstić information content (AvgIpc) is 2.39. The number of piperazine rings is 1. The van der Waals surface area contributed by atoms with Gasteiger partial charge in [0.05, 0.1) is 5.56 Å². The summed E-state index contributed by atoms with van der Waals surface area (Å²) in [4.78, 5) is 2.17. The van der Waals surface area contributed by atoms with E-state index in [1.807, 2.05) is 0 Å². The minimum absolute atomic E-state index is 0. The van der Waals surface area contributed by atoms with Crippen LogP contribution in [0.3, 0.4) is 0 Å². The van der Waals surface area contributed by atoms with E-state index in [-0.39, 0.29) is 37.2 Å². The van der Waals surface area contributed by atoms with Gasteiger partial charge in [-0.1, -0.05) is 12.1 Å². The predicted octanol–water partition coefficient (Wildman–Crippen LogP) is 2.83. The van der Waals surface area contributed by atoms with Crippen molar-refractivity contribution in [1.29, 1.82) is 0 Å². The minimum Gasteiger partial charge on any atom is -0.492 e. The van der Waals surface area contributed by atoms with Crippen LogP contribution >= 0.6 is 24.8 Å². The van der Waals surface area contributed by atoms with Crippen LogP contribution in [0.5, 0.6) is 5.75 Å². The highest BCUT2D eigenvalue weighted by molar-refractivity contribution is 5.85. The number of para-hydroxylation sites is 1. The molecule has 0 saturated carbocycles. The van der Waals surface area contributed by atoms with Crippen LogP contribution in [0.4, 0.5) is 13.2 Å². The molecule has 122 valence electrons. The van der Waals surface area contributed by atoms with Gasteiger partial charge in [-0.15, -0.1) is 24.8 Å². The second-order valence-electron chi connectivity index (χ2n) is 4.43. The zero-order chi connectivity index (χ0) is 13.7. The summed E-state index contributed by atoms with van der Waals surface area (Å²) in [5, 5.41) is 3.22. The molecule has 8 heteroatoms. The minimum atomic E-state index is -4.37. The summed E-state index contributed by atoms with van der Waals surface area (Å²) in [6.45, 7) is 4.56. The molecule has 0 atom stereocenters. The molecule has 0 aromatic heterocycles. The molecule has 1 aliphatic heterocycles. The van der Waals surface area contributed by atoms with Crippen molar-refractivity contribution in [2.45, 2.75) is 6.18 Å². The summed E-state index contributed by atoms with van der Waals surface area (Å²) < 4.78 is 43.5. The fourth-order valence-corrected chi connectivity index (χ4v) is 2.05. The summed E-state index contributed by atoms with van der Waals surface area (Å²) in [6, 6.07) is 5.32. The van der Waals surface area contributed by atoms with Crippen molar-refractivity contribution >= 4 is 24.8 Å². The number of hydrogen-bond donors (Lipinski definition) is 1. The van der Waals surface area contributed by atoms with Crippen LogP contribution in [-0.2, 0) is 6.18 Å². The van der Waals surface area contributed by atoms with Gasteiger partial charge in [-0.05, 0) is 12.1 Å². The second kappa shape index (κ2) is 9.35. The Kier molecular flexibility index (Phi) is 9.04. The summed E-state index contributed by atoms with van der Waals surface area (Å²) in [7, 11) is 0. The fourth-order valence-electron chi connectivity index (χ4n) is 2.05. The Morgan fingerprint density at radius 2 is 1.71 bits per heavy atom. The van der Waals surface area contributed by atoms with Crippen LogP contribution in [0.1, 0.15) is 5.56 Å². The SMILES string of the molecule is Cl.Cl.FC(F)(F)c1ccccc1OCCN1CCNCC1. The Bertz CT molecular complexity index is 413. The summed E-state index contributed by atoms with van der Waals surface area (Å²) in [5.41, 5.74) is -0.713. The normalized spacial score (nSPS) is 15.8. The second-order valence-corrected chi connectivity index (χ2v) is 4.43. The molecule has 3 nitrogen and oxygen atoms in total. The molecule has 0 aliphatic carbocycles. The predicted molar refractivity (Wildman–Crippen MR) is 80.7 cm³/mol. The van der Waals surface area contributed by atoms with Crippen LogP contribution in [0.2, 0.25) is 0 Å². The largest absolute Gasteiger partial charge is 0.492 e. The smallest absolute Gasteiger partial charge is 0.419 e. The van der Waals surface area contributed by atoms with Crippen LogP contribution in [0, 0.1) is 0 Å². The summed E-state index contributed by atoms with van der Waals surface area (Å²) in [5.74, 6) is -0.0925. The number of ether oxygens (including phenoxy) is 1. The van der Waals surface area contributed by atoms with Crippen molar-refractivity contribution in [3.05, 3.63) is 29.8 Å². The molecule has 1 aromatic carbocycles. The van der Waals surface area contributed by atoms with E-state index < -0.39 is 11.7 Å². The van der Waals surface area contributed by atoms with E-state index >= 15 is 0 Å². The number of halogens is 5. The van der Waals surface area contributed by atoms with Crippen molar-refractivity contribution in [3.8, 4) is 5.75 Å². The van der Waals surface area contributed by atoms with Crippen molar-refractivity contribution in [2.24, 2.45) is 0 Å². The zero-order valence-corrected chi connectivity index (χ0v) is 13.0. The van der Waals surface area contributed by atoms with Crippen LogP contribution in [0.25, 0.3) is 0 Å². The molecule has 21 heavy (non-hydrogen) atoms. The van der Waals surface area contributed by atoms with Gasteiger partial charge in [-0.2, -0.15) is 13.2 Å². The van der Waals surface area contributed by atoms with E-state index in [2.05, 4.69) is 10.2 Å². The van der Waals surface area contributed by atoms with Gasteiger partial charge in [-0.3, -0.25) is 4.90 Å². The molecular weight excluding hydrogens is 328 g/mol. The first-order chi connectivity index (χ1) is 9.07. The summed E-state index contributed by atoms with van der Waals surface area (Å²) in [6.07, 6.45) is -4.37. The molecule has 1 saturated heterocycles. The van der Waals surface area contributed by atoms with Gasteiger partial charge in [-0.25, -0.2) is 0 Å². The number of rotatable bonds is 4. The first-order valence-corrected chi connectivity index (χ1v) is 6.29. The molecule has 0 amide bonds. The van der Waals surface area contributed by atoms with Crippen LogP contribution in [0.15, 0.2) is 24.3 Å². The maximum atomic E-state index is 12.7. The highest BCUT2D eigenvalue weighted by Crippen LogP contribution is 2.35. The maximum Gasteiger partial charge on any atom is 0.419 e. The van der Waals surface area contributed by atoms with Gasteiger partial charge in [0, 0.05) is 32.7 Å². The Morgan fingerprint density at radius 1 is 1.10 bits per heavy atom. The highest BCUT2D eigenvalue weighted by Gasteiger charge is 2.33. The molecule has 1 aliphatic rings. The molecule has 0 spiro atoms. The first kappa shape index (κ1) is 20.3. The maximum absolute atomic E-state index is 12.7. The quantitative estimate of drug-likeness (QED) is 0.907. The molecule has 0 bridgehead atoms. The lowest BCUT2D eigenvalue weighted by atomic mass is 10.2. The number of hydrogen-bond acceptors (Lipinski definition) is 3. The first-order valence-electron chi connectivity index (χ1n) is 6.29. The molecule has 0 radical (unpaired) electrons. The Balaban J connectivity index is 0.00000200. The van der Waals surface area contributed by atoms with Gasteiger partial charge in [0.15, 0.2) is 0 Å². The Labute approximate surface area is 134 Å². The lowest BCUT2D eigenvalue weighted by molar-refractivity contribution is -0.139. The van der Waals surface area contributed by atoms with Crippen LogP contribution < -0.4 is 10.1 Å². The average molecular weight is 347 g/mol. The summed E-state index contributed by atoms with van der Waals surface area (Å²) >= 11 is 0. The van der Waals surface area contributed by atoms with Gasteiger partial charge in [0.1, 0.15) is 12.4 Å². The van der Waals surface area contributed by atoms with E-state index in [1.54, 1.807) is 6.07 Å². The van der Waals surface area contributed by atoms with Crippen molar-refractivity contribution in [1.82, 2.24) is 10.2 Å². The molecule has 2 rings (SSSR count). The van der Waals surface area contributed by atoms with E-state index in [1.165, 1.54) is 12.1 Å². The van der Waals surface area contributed by atoms with E-state index in [4.69, 9.17) is 4.74 Å². The van der Waals surface area contributed by atoms with Gasteiger partial charge >= 0.3 is 6.18 Å². The zero-order valence-electron chi connectivity index (χ0n) is 11.4. The highest BCUT2D eigenvalue weighted by atomic mass is 35.5. The van der Waals surface area contributed by atoms with Gasteiger partial charge in [0.25, 0.3) is 0 Å².